The fourth-order valence-corrected chi connectivity index (χ4v) is 3.65. The van der Waals surface area contributed by atoms with Gasteiger partial charge in [-0.25, -0.2) is 9.18 Å². The Morgan fingerprint density at radius 1 is 1.21 bits per heavy atom. The number of hydrogen-bond acceptors (Lipinski definition) is 6. The van der Waals surface area contributed by atoms with E-state index in [1.165, 1.54) is 13.1 Å². The van der Waals surface area contributed by atoms with Gasteiger partial charge in [0.25, 0.3) is 5.91 Å². The van der Waals surface area contributed by atoms with Gasteiger partial charge in [0.15, 0.2) is 0 Å². The van der Waals surface area contributed by atoms with E-state index in [9.17, 15) is 18.8 Å². The molecule has 0 fully saturated rings. The summed E-state index contributed by atoms with van der Waals surface area (Å²) < 4.78 is 18.9. The Balaban J connectivity index is 2.20. The number of hydrogen-bond donors (Lipinski definition) is 3. The van der Waals surface area contributed by atoms with Gasteiger partial charge in [0.2, 0.25) is 5.91 Å². The molecule has 28 heavy (non-hydrogen) atoms. The normalized spacial score (nSPS) is 10.3. The molecule has 0 bridgehead atoms. The van der Waals surface area contributed by atoms with Gasteiger partial charge in [-0.05, 0) is 44.0 Å². The molecule has 0 unspecified atom stereocenters. The third-order valence-corrected chi connectivity index (χ3v) is 5.08. The number of benzene rings is 1. The summed E-state index contributed by atoms with van der Waals surface area (Å²) in [6, 6.07) is 4.62. The van der Waals surface area contributed by atoms with Crippen LogP contribution in [0.4, 0.5) is 15.1 Å². The number of nitrogens with one attached hydrogen (secondary N) is 3. The quantitative estimate of drug-likeness (QED) is 0.613. The molecular formula is C19H22FN3O4S. The highest BCUT2D eigenvalue weighted by Gasteiger charge is 2.26. The molecule has 0 saturated heterocycles. The van der Waals surface area contributed by atoms with Gasteiger partial charge in [0, 0.05) is 7.05 Å². The summed E-state index contributed by atoms with van der Waals surface area (Å²) in [7, 11) is 1.48. The summed E-state index contributed by atoms with van der Waals surface area (Å²) in [5, 5.41) is 8.03. The van der Waals surface area contributed by atoms with Crippen molar-refractivity contribution in [3.05, 3.63) is 45.6 Å². The smallest absolute Gasteiger partial charge is 0.341 e. The number of amides is 2. The van der Waals surface area contributed by atoms with Crippen molar-refractivity contribution in [2.75, 3.05) is 30.8 Å². The summed E-state index contributed by atoms with van der Waals surface area (Å²) in [6.07, 6.45) is 0. The van der Waals surface area contributed by atoms with E-state index in [0.29, 0.717) is 10.4 Å². The van der Waals surface area contributed by atoms with Crippen LogP contribution >= 0.6 is 11.3 Å². The monoisotopic (exact) mass is 407 g/mol. The minimum absolute atomic E-state index is 0.139. The predicted molar refractivity (Wildman–Crippen MR) is 107 cm³/mol. The molecule has 3 N–H and O–H groups in total. The maximum absolute atomic E-state index is 13.9. The van der Waals surface area contributed by atoms with Crippen LogP contribution in [0.5, 0.6) is 0 Å². The van der Waals surface area contributed by atoms with Gasteiger partial charge in [0.05, 0.1) is 29.3 Å². The SMILES string of the molecule is CCOC(=O)c1c(NC(=O)CNc2ccc(C)cc2F)sc(C(=O)NC)c1C. The second kappa shape index (κ2) is 9.32. The highest BCUT2D eigenvalue weighted by Crippen LogP contribution is 2.33. The summed E-state index contributed by atoms with van der Waals surface area (Å²) in [6.45, 7) is 4.99. The Labute approximate surface area is 166 Å². The Kier molecular flexibility index (Phi) is 7.11. The average molecular weight is 407 g/mol. The summed E-state index contributed by atoms with van der Waals surface area (Å²) in [5.74, 6) is -1.95. The van der Waals surface area contributed by atoms with E-state index in [2.05, 4.69) is 16.0 Å². The second-order valence-corrected chi connectivity index (χ2v) is 6.97. The van der Waals surface area contributed by atoms with E-state index in [1.807, 2.05) is 0 Å². The van der Waals surface area contributed by atoms with Gasteiger partial charge < -0.3 is 20.7 Å². The number of halogens is 1. The topological polar surface area (TPSA) is 96.5 Å². The van der Waals surface area contributed by atoms with Gasteiger partial charge in [-0.1, -0.05) is 6.07 Å². The minimum atomic E-state index is -0.626. The van der Waals surface area contributed by atoms with E-state index in [-0.39, 0.29) is 35.3 Å². The number of carbonyl (C=O) groups excluding carboxylic acids is 3. The van der Waals surface area contributed by atoms with Gasteiger partial charge in [0.1, 0.15) is 10.8 Å². The number of carbonyl (C=O) groups is 3. The second-order valence-electron chi connectivity index (χ2n) is 5.94. The summed E-state index contributed by atoms with van der Waals surface area (Å²) in [5.41, 5.74) is 1.53. The highest BCUT2D eigenvalue weighted by atomic mass is 32.1. The molecule has 0 atom stereocenters. The molecule has 1 aromatic carbocycles. The van der Waals surface area contributed by atoms with Crippen molar-refractivity contribution in [2.24, 2.45) is 0 Å². The zero-order chi connectivity index (χ0) is 20.8. The van der Waals surface area contributed by atoms with Crippen LogP contribution in [0.25, 0.3) is 0 Å². The molecule has 2 rings (SSSR count). The van der Waals surface area contributed by atoms with Crippen LogP contribution in [-0.4, -0.2) is 38.0 Å². The first-order valence-electron chi connectivity index (χ1n) is 8.60. The minimum Gasteiger partial charge on any atom is -0.462 e. The number of ether oxygens (including phenoxy) is 1. The van der Waals surface area contributed by atoms with Crippen molar-refractivity contribution in [1.82, 2.24) is 5.32 Å². The molecule has 1 aromatic heterocycles. The summed E-state index contributed by atoms with van der Waals surface area (Å²) in [4.78, 5) is 36.9. The average Bonchev–Trinajstić information content (AvgIpc) is 2.96. The molecule has 7 nitrogen and oxygen atoms in total. The zero-order valence-corrected chi connectivity index (χ0v) is 16.9. The maximum atomic E-state index is 13.9. The largest absolute Gasteiger partial charge is 0.462 e. The molecule has 0 aliphatic heterocycles. The maximum Gasteiger partial charge on any atom is 0.341 e. The van der Waals surface area contributed by atoms with E-state index < -0.39 is 17.7 Å². The molecule has 1 heterocycles. The fraction of sp³-hybridized carbons (Fsp3) is 0.316. The number of aryl methyl sites for hydroxylation is 1. The number of anilines is 2. The molecule has 0 spiro atoms. The standard InChI is InChI=1S/C19H22FN3O4S/c1-5-27-19(26)15-11(3)16(17(25)21-4)28-18(15)23-14(24)9-22-13-7-6-10(2)8-12(13)20/h6-8,22H,5,9H2,1-4H3,(H,21,25)(H,23,24). The lowest BCUT2D eigenvalue weighted by Gasteiger charge is -2.09. The van der Waals surface area contributed by atoms with Crippen molar-refractivity contribution in [1.29, 1.82) is 0 Å². The lowest BCUT2D eigenvalue weighted by atomic mass is 10.1. The molecule has 0 aliphatic rings. The molecule has 0 saturated carbocycles. The predicted octanol–water partition coefficient (Wildman–Crippen LogP) is 3.09. The molecule has 0 aliphatic carbocycles. The summed E-state index contributed by atoms with van der Waals surface area (Å²) >= 11 is 0.981. The fourth-order valence-electron chi connectivity index (χ4n) is 2.49. The van der Waals surface area contributed by atoms with Crippen LogP contribution < -0.4 is 16.0 Å². The lowest BCUT2D eigenvalue weighted by Crippen LogP contribution is -2.23. The molecule has 9 heteroatoms. The van der Waals surface area contributed by atoms with Gasteiger partial charge in [-0.3, -0.25) is 9.59 Å². The third-order valence-electron chi connectivity index (χ3n) is 3.88. The van der Waals surface area contributed by atoms with E-state index in [0.717, 1.165) is 16.9 Å². The van der Waals surface area contributed by atoms with E-state index >= 15 is 0 Å². The van der Waals surface area contributed by atoms with Gasteiger partial charge in [-0.15, -0.1) is 11.3 Å². The lowest BCUT2D eigenvalue weighted by molar-refractivity contribution is -0.114. The van der Waals surface area contributed by atoms with Crippen molar-refractivity contribution >= 4 is 39.8 Å². The Hall–Kier alpha value is -2.94. The molecule has 150 valence electrons. The van der Waals surface area contributed by atoms with Crippen molar-refractivity contribution in [3.63, 3.8) is 0 Å². The van der Waals surface area contributed by atoms with Crippen molar-refractivity contribution < 1.29 is 23.5 Å². The number of thiophene rings is 1. The van der Waals surface area contributed by atoms with Crippen LogP contribution in [0.2, 0.25) is 0 Å². The number of rotatable bonds is 7. The Morgan fingerprint density at radius 2 is 1.93 bits per heavy atom. The van der Waals surface area contributed by atoms with E-state index in [1.54, 1.807) is 32.9 Å². The Morgan fingerprint density at radius 3 is 2.54 bits per heavy atom. The molecule has 0 radical (unpaired) electrons. The van der Waals surface area contributed by atoms with Crippen LogP contribution in [0, 0.1) is 19.7 Å². The van der Waals surface area contributed by atoms with Crippen LogP contribution in [0.1, 0.15) is 38.1 Å². The van der Waals surface area contributed by atoms with E-state index in [4.69, 9.17) is 4.74 Å². The van der Waals surface area contributed by atoms with Gasteiger partial charge >= 0.3 is 5.97 Å². The first kappa shape index (κ1) is 21.4. The van der Waals surface area contributed by atoms with Crippen LogP contribution in [0.3, 0.4) is 0 Å². The third kappa shape index (κ3) is 4.86. The van der Waals surface area contributed by atoms with Crippen LogP contribution in [0.15, 0.2) is 18.2 Å². The number of esters is 1. The van der Waals surface area contributed by atoms with Crippen molar-refractivity contribution in [2.45, 2.75) is 20.8 Å². The highest BCUT2D eigenvalue weighted by molar-refractivity contribution is 7.18. The Bertz CT molecular complexity index is 911. The van der Waals surface area contributed by atoms with Gasteiger partial charge in [-0.2, -0.15) is 0 Å². The van der Waals surface area contributed by atoms with Crippen LogP contribution in [-0.2, 0) is 9.53 Å². The van der Waals surface area contributed by atoms with Crippen molar-refractivity contribution in [3.8, 4) is 0 Å². The molecular weight excluding hydrogens is 385 g/mol. The zero-order valence-electron chi connectivity index (χ0n) is 16.1. The first-order valence-corrected chi connectivity index (χ1v) is 9.42. The first-order chi connectivity index (χ1) is 13.3. The molecule has 2 amide bonds. The molecule has 2 aromatic rings.